The van der Waals surface area contributed by atoms with E-state index in [-0.39, 0.29) is 5.25 Å². The summed E-state index contributed by atoms with van der Waals surface area (Å²) in [5.74, 6) is 0. The van der Waals surface area contributed by atoms with Crippen LogP contribution in [-0.2, 0) is 10.0 Å². The van der Waals surface area contributed by atoms with Gasteiger partial charge in [-0.1, -0.05) is 0 Å². The summed E-state index contributed by atoms with van der Waals surface area (Å²) in [5, 5.41) is -0.351. The number of sulfonamides is 1. The molecule has 0 aliphatic carbocycles. The molecular formula is C11H16BrN3O2S. The van der Waals surface area contributed by atoms with Crippen molar-refractivity contribution in [3.63, 3.8) is 0 Å². The second-order valence-corrected chi connectivity index (χ2v) is 7.31. The van der Waals surface area contributed by atoms with E-state index in [1.54, 1.807) is 12.4 Å². The number of halogens is 1. The van der Waals surface area contributed by atoms with E-state index in [0.717, 1.165) is 23.1 Å². The van der Waals surface area contributed by atoms with Crippen LogP contribution in [0.5, 0.6) is 0 Å². The number of aromatic nitrogens is 1. The minimum Gasteiger partial charge on any atom is -0.369 e. The molecule has 0 radical (unpaired) electrons. The number of anilines is 1. The summed E-state index contributed by atoms with van der Waals surface area (Å²) in [7, 11) is -1.73. The molecule has 0 amide bonds. The minimum absolute atomic E-state index is 0.351. The number of pyridine rings is 1. The molecule has 2 rings (SSSR count). The van der Waals surface area contributed by atoms with Gasteiger partial charge in [-0.25, -0.2) is 13.1 Å². The SMILES string of the molecule is CNS(=O)(=O)C1CCCN(c2ccncc2Br)C1. The van der Waals surface area contributed by atoms with Crippen LogP contribution in [-0.4, -0.2) is 38.8 Å². The van der Waals surface area contributed by atoms with Crippen LogP contribution in [0.3, 0.4) is 0 Å². The average molecular weight is 334 g/mol. The van der Waals surface area contributed by atoms with Crippen LogP contribution in [0.25, 0.3) is 0 Å². The minimum atomic E-state index is -3.20. The first-order valence-electron chi connectivity index (χ1n) is 5.81. The highest BCUT2D eigenvalue weighted by molar-refractivity contribution is 9.10. The smallest absolute Gasteiger partial charge is 0.215 e. The lowest BCUT2D eigenvalue weighted by molar-refractivity contribution is 0.525. The molecule has 0 aromatic carbocycles. The first-order valence-corrected chi connectivity index (χ1v) is 8.15. The average Bonchev–Trinajstić information content (AvgIpc) is 2.39. The predicted octanol–water partition coefficient (Wildman–Crippen LogP) is 1.36. The molecule has 0 bridgehead atoms. The van der Waals surface area contributed by atoms with Crippen LogP contribution in [0.4, 0.5) is 5.69 Å². The Balaban J connectivity index is 2.20. The van der Waals surface area contributed by atoms with Gasteiger partial charge in [-0.3, -0.25) is 4.98 Å². The van der Waals surface area contributed by atoms with Gasteiger partial charge in [-0.2, -0.15) is 0 Å². The van der Waals surface area contributed by atoms with E-state index in [1.807, 2.05) is 6.07 Å². The zero-order valence-electron chi connectivity index (χ0n) is 10.1. The molecule has 5 nitrogen and oxygen atoms in total. The Morgan fingerprint density at radius 1 is 1.56 bits per heavy atom. The summed E-state index contributed by atoms with van der Waals surface area (Å²) < 4.78 is 27.0. The van der Waals surface area contributed by atoms with E-state index in [4.69, 9.17) is 0 Å². The lowest BCUT2D eigenvalue weighted by Gasteiger charge is -2.34. The van der Waals surface area contributed by atoms with E-state index in [2.05, 4.69) is 30.5 Å². The summed E-state index contributed by atoms with van der Waals surface area (Å²) in [6, 6.07) is 1.90. The molecule has 0 saturated carbocycles. The van der Waals surface area contributed by atoms with E-state index in [9.17, 15) is 8.42 Å². The molecular weight excluding hydrogens is 318 g/mol. The van der Waals surface area contributed by atoms with Crippen molar-refractivity contribution in [3.8, 4) is 0 Å². The fraction of sp³-hybridized carbons (Fsp3) is 0.545. The molecule has 1 unspecified atom stereocenters. The van der Waals surface area contributed by atoms with Gasteiger partial charge in [-0.15, -0.1) is 0 Å². The Morgan fingerprint density at radius 2 is 2.33 bits per heavy atom. The Morgan fingerprint density at radius 3 is 3.00 bits per heavy atom. The van der Waals surface area contributed by atoms with E-state index >= 15 is 0 Å². The fourth-order valence-electron chi connectivity index (χ4n) is 2.20. The van der Waals surface area contributed by atoms with Gasteiger partial charge in [0.2, 0.25) is 10.0 Å². The van der Waals surface area contributed by atoms with Crippen LogP contribution >= 0.6 is 15.9 Å². The largest absolute Gasteiger partial charge is 0.369 e. The van der Waals surface area contributed by atoms with Crippen molar-refractivity contribution in [1.82, 2.24) is 9.71 Å². The molecule has 1 aliphatic rings. The molecule has 2 heterocycles. The molecule has 1 saturated heterocycles. The van der Waals surface area contributed by atoms with Crippen molar-refractivity contribution in [2.45, 2.75) is 18.1 Å². The topological polar surface area (TPSA) is 62.3 Å². The number of rotatable bonds is 3. The summed E-state index contributed by atoms with van der Waals surface area (Å²) in [6.07, 6.45) is 5.03. The molecule has 1 atom stereocenters. The number of hydrogen-bond acceptors (Lipinski definition) is 4. The molecule has 0 spiro atoms. The summed E-state index contributed by atoms with van der Waals surface area (Å²) in [5.41, 5.74) is 1.00. The molecule has 1 fully saturated rings. The Hall–Kier alpha value is -0.660. The molecule has 1 aromatic heterocycles. The van der Waals surface area contributed by atoms with Crippen molar-refractivity contribution >= 4 is 31.6 Å². The maximum absolute atomic E-state index is 11.9. The predicted molar refractivity (Wildman–Crippen MR) is 75.2 cm³/mol. The van der Waals surface area contributed by atoms with Gasteiger partial charge in [0.1, 0.15) is 0 Å². The van der Waals surface area contributed by atoms with Crippen LogP contribution in [0.15, 0.2) is 22.9 Å². The van der Waals surface area contributed by atoms with Crippen molar-refractivity contribution in [2.24, 2.45) is 0 Å². The van der Waals surface area contributed by atoms with Gasteiger partial charge in [0.05, 0.1) is 15.4 Å². The van der Waals surface area contributed by atoms with Gasteiger partial charge >= 0.3 is 0 Å². The van der Waals surface area contributed by atoms with E-state index < -0.39 is 10.0 Å². The third-order valence-corrected chi connectivity index (χ3v) is 5.64. The van der Waals surface area contributed by atoms with Crippen molar-refractivity contribution in [2.75, 3.05) is 25.0 Å². The summed E-state index contributed by atoms with van der Waals surface area (Å²) in [6.45, 7) is 1.39. The quantitative estimate of drug-likeness (QED) is 0.907. The third kappa shape index (κ3) is 2.84. The standard InChI is InChI=1S/C11H16BrN3O2S/c1-13-18(16,17)9-3-2-6-15(8-9)11-4-5-14-7-10(11)12/h4-5,7,9,13H,2-3,6,8H2,1H3. The van der Waals surface area contributed by atoms with Gasteiger partial charge in [0.25, 0.3) is 0 Å². The van der Waals surface area contributed by atoms with E-state index in [0.29, 0.717) is 13.0 Å². The lowest BCUT2D eigenvalue weighted by atomic mass is 10.1. The lowest BCUT2D eigenvalue weighted by Crippen LogP contribution is -2.45. The van der Waals surface area contributed by atoms with Crippen molar-refractivity contribution in [1.29, 1.82) is 0 Å². The Kier molecular flexibility index (Phi) is 4.24. The molecule has 18 heavy (non-hydrogen) atoms. The van der Waals surface area contributed by atoms with Crippen LogP contribution in [0.1, 0.15) is 12.8 Å². The molecule has 1 aliphatic heterocycles. The Labute approximate surface area is 116 Å². The zero-order valence-corrected chi connectivity index (χ0v) is 12.5. The third-order valence-electron chi connectivity index (χ3n) is 3.19. The van der Waals surface area contributed by atoms with Crippen molar-refractivity contribution < 1.29 is 8.42 Å². The number of nitrogens with zero attached hydrogens (tertiary/aromatic N) is 2. The van der Waals surface area contributed by atoms with Crippen LogP contribution in [0.2, 0.25) is 0 Å². The van der Waals surface area contributed by atoms with Gasteiger partial charge in [-0.05, 0) is 41.9 Å². The number of nitrogens with one attached hydrogen (secondary N) is 1. The molecule has 1 N–H and O–H groups in total. The Bertz CT molecular complexity index is 521. The van der Waals surface area contributed by atoms with Crippen molar-refractivity contribution in [3.05, 3.63) is 22.9 Å². The van der Waals surface area contributed by atoms with Gasteiger partial charge in [0.15, 0.2) is 0 Å². The first kappa shape index (κ1) is 13.8. The molecule has 7 heteroatoms. The highest BCUT2D eigenvalue weighted by Crippen LogP contribution is 2.28. The maximum Gasteiger partial charge on any atom is 0.215 e. The van der Waals surface area contributed by atoms with Gasteiger partial charge < -0.3 is 4.90 Å². The maximum atomic E-state index is 11.9. The summed E-state index contributed by atoms with van der Waals surface area (Å²) >= 11 is 3.45. The second kappa shape index (κ2) is 5.54. The summed E-state index contributed by atoms with van der Waals surface area (Å²) in [4.78, 5) is 6.11. The number of piperidine rings is 1. The highest BCUT2D eigenvalue weighted by Gasteiger charge is 2.30. The van der Waals surface area contributed by atoms with E-state index in [1.165, 1.54) is 7.05 Å². The fourth-order valence-corrected chi connectivity index (χ4v) is 3.89. The first-order chi connectivity index (χ1) is 8.54. The number of hydrogen-bond donors (Lipinski definition) is 1. The normalized spacial score (nSPS) is 21.0. The van der Waals surface area contributed by atoms with Crippen LogP contribution < -0.4 is 9.62 Å². The second-order valence-electron chi connectivity index (χ2n) is 4.29. The highest BCUT2D eigenvalue weighted by atomic mass is 79.9. The zero-order chi connectivity index (χ0) is 13.2. The van der Waals surface area contributed by atoms with Gasteiger partial charge in [0, 0.05) is 25.5 Å². The monoisotopic (exact) mass is 333 g/mol. The molecule has 1 aromatic rings. The van der Waals surface area contributed by atoms with Crippen LogP contribution in [0, 0.1) is 0 Å². The molecule has 100 valence electrons.